The average Bonchev–Trinajstić information content (AvgIpc) is 2.60. The molecule has 0 aromatic heterocycles. The number of esters is 1. The highest BCUT2D eigenvalue weighted by Gasteiger charge is 2.33. The number of hydrogen-bond acceptors (Lipinski definition) is 3. The van der Waals surface area contributed by atoms with Gasteiger partial charge in [0.2, 0.25) is 5.91 Å². The lowest BCUT2D eigenvalue weighted by molar-refractivity contribution is -0.141. The first-order chi connectivity index (χ1) is 12.0. The van der Waals surface area contributed by atoms with Crippen LogP contribution in [0.25, 0.3) is 0 Å². The lowest BCUT2D eigenvalue weighted by Crippen LogP contribution is -2.34. The second kappa shape index (κ2) is 8.17. The molecule has 1 amide bonds. The van der Waals surface area contributed by atoms with Gasteiger partial charge in [-0.1, -0.05) is 47.3 Å². The van der Waals surface area contributed by atoms with Crippen LogP contribution in [0.5, 0.6) is 0 Å². The molecule has 0 spiro atoms. The summed E-state index contributed by atoms with van der Waals surface area (Å²) in [4.78, 5) is 24.8. The Morgan fingerprint density at radius 1 is 1.20 bits per heavy atom. The van der Waals surface area contributed by atoms with Crippen LogP contribution in [0.4, 0.5) is 0 Å². The van der Waals surface area contributed by atoms with Crippen molar-refractivity contribution in [2.75, 3.05) is 6.61 Å². The molecule has 134 valence electrons. The first-order valence-electron chi connectivity index (χ1n) is 8.98. The largest absolute Gasteiger partial charge is 0.462 e. The van der Waals surface area contributed by atoms with Gasteiger partial charge in [0.25, 0.3) is 0 Å². The second-order valence-electron chi connectivity index (χ2n) is 7.00. The third-order valence-electron chi connectivity index (χ3n) is 5.14. The van der Waals surface area contributed by atoms with E-state index in [0.29, 0.717) is 23.8 Å². The van der Waals surface area contributed by atoms with Gasteiger partial charge in [-0.25, -0.2) is 4.79 Å². The maximum atomic E-state index is 12.8. The van der Waals surface area contributed by atoms with Crippen LogP contribution >= 0.6 is 15.9 Å². The molecule has 1 aromatic rings. The molecule has 1 N–H and O–H groups in total. The van der Waals surface area contributed by atoms with Crippen LogP contribution in [0.3, 0.4) is 0 Å². The summed E-state index contributed by atoms with van der Waals surface area (Å²) in [5.41, 5.74) is 2.15. The van der Waals surface area contributed by atoms with Crippen molar-refractivity contribution in [1.29, 1.82) is 0 Å². The molecule has 3 rings (SSSR count). The Morgan fingerprint density at radius 2 is 1.88 bits per heavy atom. The van der Waals surface area contributed by atoms with E-state index in [1.54, 1.807) is 6.92 Å². The summed E-state index contributed by atoms with van der Waals surface area (Å²) in [5.74, 6) is -0.131. The van der Waals surface area contributed by atoms with Gasteiger partial charge in [0.1, 0.15) is 0 Å². The van der Waals surface area contributed by atoms with E-state index in [4.69, 9.17) is 4.74 Å². The van der Waals surface area contributed by atoms with E-state index in [1.807, 2.05) is 24.3 Å². The molecule has 1 atom stereocenters. The van der Waals surface area contributed by atoms with Crippen LogP contribution in [-0.2, 0) is 14.3 Å². The molecule has 1 aliphatic carbocycles. The van der Waals surface area contributed by atoms with E-state index in [1.165, 1.54) is 19.3 Å². The minimum atomic E-state index is -0.295. The van der Waals surface area contributed by atoms with Crippen molar-refractivity contribution in [2.45, 2.75) is 51.4 Å². The number of hydrogen-bond donors (Lipinski definition) is 1. The molecule has 5 heteroatoms. The predicted molar refractivity (Wildman–Crippen MR) is 99.9 cm³/mol. The maximum absolute atomic E-state index is 12.8. The molecule has 1 saturated carbocycles. The SMILES string of the molecule is CC1=C(C(=O)OCC2CCCCC2)C(c2ccc(Br)cc2)CC(=O)N1. The summed E-state index contributed by atoms with van der Waals surface area (Å²) >= 11 is 3.42. The number of allylic oxidation sites excluding steroid dienone is 1. The van der Waals surface area contributed by atoms with Gasteiger partial charge in [-0.3, -0.25) is 4.79 Å². The van der Waals surface area contributed by atoms with E-state index in [-0.39, 0.29) is 24.2 Å². The first kappa shape index (κ1) is 18.2. The molecule has 0 saturated heterocycles. The minimum absolute atomic E-state index is 0.0609. The Morgan fingerprint density at radius 3 is 2.56 bits per heavy atom. The highest BCUT2D eigenvalue weighted by Crippen LogP contribution is 2.34. The Bertz CT molecular complexity index is 675. The quantitative estimate of drug-likeness (QED) is 0.752. The second-order valence-corrected chi connectivity index (χ2v) is 7.91. The number of ether oxygens (including phenoxy) is 1. The van der Waals surface area contributed by atoms with Crippen LogP contribution in [0, 0.1) is 5.92 Å². The number of nitrogens with one attached hydrogen (secondary N) is 1. The van der Waals surface area contributed by atoms with Crippen molar-refractivity contribution in [1.82, 2.24) is 5.32 Å². The van der Waals surface area contributed by atoms with Gasteiger partial charge < -0.3 is 10.1 Å². The van der Waals surface area contributed by atoms with Gasteiger partial charge in [-0.15, -0.1) is 0 Å². The van der Waals surface area contributed by atoms with Gasteiger partial charge in [-0.05, 0) is 43.4 Å². The summed E-state index contributed by atoms with van der Waals surface area (Å²) in [6.45, 7) is 2.26. The number of halogens is 1. The van der Waals surface area contributed by atoms with E-state index in [2.05, 4.69) is 21.2 Å². The van der Waals surface area contributed by atoms with E-state index in [0.717, 1.165) is 22.9 Å². The van der Waals surface area contributed by atoms with Gasteiger partial charge in [0, 0.05) is 22.5 Å². The van der Waals surface area contributed by atoms with Gasteiger partial charge >= 0.3 is 5.97 Å². The Kier molecular flexibility index (Phi) is 5.94. The summed E-state index contributed by atoms with van der Waals surface area (Å²) in [7, 11) is 0. The van der Waals surface area contributed by atoms with Crippen LogP contribution in [0.1, 0.15) is 56.9 Å². The highest BCUT2D eigenvalue weighted by molar-refractivity contribution is 9.10. The van der Waals surface area contributed by atoms with Gasteiger partial charge in [0.15, 0.2) is 0 Å². The fraction of sp³-hybridized carbons (Fsp3) is 0.500. The van der Waals surface area contributed by atoms with E-state index < -0.39 is 0 Å². The molecule has 1 fully saturated rings. The smallest absolute Gasteiger partial charge is 0.336 e. The summed E-state index contributed by atoms with van der Waals surface area (Å²) in [5, 5.41) is 2.79. The minimum Gasteiger partial charge on any atom is -0.462 e. The van der Waals surface area contributed by atoms with Crippen LogP contribution < -0.4 is 5.32 Å². The molecular weight excluding hydrogens is 382 g/mol. The van der Waals surface area contributed by atoms with Crippen molar-refractivity contribution in [3.05, 3.63) is 45.6 Å². The van der Waals surface area contributed by atoms with Crippen LogP contribution in [0.2, 0.25) is 0 Å². The highest BCUT2D eigenvalue weighted by atomic mass is 79.9. The molecule has 0 radical (unpaired) electrons. The summed E-state index contributed by atoms with van der Waals surface area (Å²) < 4.78 is 6.62. The molecule has 1 aliphatic heterocycles. The van der Waals surface area contributed by atoms with Crippen LogP contribution in [-0.4, -0.2) is 18.5 Å². The summed E-state index contributed by atoms with van der Waals surface area (Å²) in [6, 6.07) is 7.77. The number of rotatable bonds is 4. The zero-order valence-electron chi connectivity index (χ0n) is 14.5. The molecular formula is C20H24BrNO3. The first-order valence-corrected chi connectivity index (χ1v) is 9.77. The summed E-state index contributed by atoms with van der Waals surface area (Å²) in [6.07, 6.45) is 6.28. The van der Waals surface area contributed by atoms with Crippen molar-refractivity contribution >= 4 is 27.8 Å². The third kappa shape index (κ3) is 4.51. The van der Waals surface area contributed by atoms with Crippen molar-refractivity contribution in [3.8, 4) is 0 Å². The zero-order valence-corrected chi connectivity index (χ0v) is 16.1. The van der Waals surface area contributed by atoms with E-state index in [9.17, 15) is 9.59 Å². The number of amides is 1. The van der Waals surface area contributed by atoms with Crippen molar-refractivity contribution < 1.29 is 14.3 Å². The maximum Gasteiger partial charge on any atom is 0.336 e. The Balaban J connectivity index is 1.76. The Labute approximate surface area is 157 Å². The third-order valence-corrected chi connectivity index (χ3v) is 5.66. The number of carbonyl (C=O) groups is 2. The molecule has 0 bridgehead atoms. The Hall–Kier alpha value is -1.62. The fourth-order valence-electron chi connectivity index (χ4n) is 3.78. The molecule has 2 aliphatic rings. The average molecular weight is 406 g/mol. The number of benzene rings is 1. The zero-order chi connectivity index (χ0) is 17.8. The molecule has 4 nitrogen and oxygen atoms in total. The monoisotopic (exact) mass is 405 g/mol. The molecule has 1 heterocycles. The van der Waals surface area contributed by atoms with Crippen LogP contribution in [0.15, 0.2) is 40.0 Å². The predicted octanol–water partition coefficient (Wildman–Crippen LogP) is 4.45. The van der Waals surface area contributed by atoms with Crippen molar-refractivity contribution in [2.24, 2.45) is 5.92 Å². The lowest BCUT2D eigenvalue weighted by Gasteiger charge is -2.27. The molecule has 1 aromatic carbocycles. The van der Waals surface area contributed by atoms with E-state index >= 15 is 0 Å². The van der Waals surface area contributed by atoms with Gasteiger partial charge in [0.05, 0.1) is 12.2 Å². The van der Waals surface area contributed by atoms with Gasteiger partial charge in [-0.2, -0.15) is 0 Å². The lowest BCUT2D eigenvalue weighted by atomic mass is 9.84. The topological polar surface area (TPSA) is 55.4 Å². The molecule has 1 unspecified atom stereocenters. The fourth-order valence-corrected chi connectivity index (χ4v) is 4.04. The molecule has 25 heavy (non-hydrogen) atoms. The normalized spacial score (nSPS) is 21.8. The standard InChI is InChI=1S/C20H24BrNO3/c1-13-19(20(24)25-12-14-5-3-2-4-6-14)17(11-18(23)22-13)15-7-9-16(21)10-8-15/h7-10,14,17H,2-6,11-12H2,1H3,(H,22,23). The number of carbonyl (C=O) groups excluding carboxylic acids is 2. The van der Waals surface area contributed by atoms with Crippen molar-refractivity contribution in [3.63, 3.8) is 0 Å².